The minimum atomic E-state index is -0.406. The Hall–Kier alpha value is -2.52. The van der Waals surface area contributed by atoms with Gasteiger partial charge in [0.1, 0.15) is 0 Å². The van der Waals surface area contributed by atoms with Crippen LogP contribution in [0.4, 0.5) is 0 Å². The number of fused-ring (bicyclic) bond motifs is 1. The number of pyridine rings is 1. The Morgan fingerprint density at radius 1 is 1.23 bits per heavy atom. The fourth-order valence-electron chi connectivity index (χ4n) is 3.50. The van der Waals surface area contributed by atoms with E-state index in [0.717, 1.165) is 40.5 Å². The molecule has 3 rings (SSSR count). The normalized spacial score (nSPS) is 20.4. The molecule has 3 nitrogen and oxygen atoms in total. The third-order valence-corrected chi connectivity index (χ3v) is 5.16. The lowest BCUT2D eigenvalue weighted by atomic mass is 9.71. The minimum Gasteiger partial charge on any atom is -0.389 e. The van der Waals surface area contributed by atoms with E-state index >= 15 is 0 Å². The highest BCUT2D eigenvalue weighted by Gasteiger charge is 2.30. The van der Waals surface area contributed by atoms with Crippen molar-refractivity contribution in [1.29, 1.82) is 0 Å². The van der Waals surface area contributed by atoms with E-state index < -0.39 is 6.10 Å². The van der Waals surface area contributed by atoms with Gasteiger partial charge < -0.3 is 5.11 Å². The van der Waals surface area contributed by atoms with Crippen LogP contribution in [0.15, 0.2) is 65.9 Å². The molecule has 0 spiro atoms. The van der Waals surface area contributed by atoms with Crippen molar-refractivity contribution in [1.82, 2.24) is 4.98 Å². The molecule has 0 radical (unpaired) electrons. The molecule has 0 aliphatic heterocycles. The van der Waals surface area contributed by atoms with Crippen LogP contribution in [0.5, 0.6) is 0 Å². The number of carbonyl (C=O) groups excluding carboxylic acids is 1. The van der Waals surface area contributed by atoms with Gasteiger partial charge in [0.2, 0.25) is 0 Å². The lowest BCUT2D eigenvalue weighted by Crippen LogP contribution is -2.27. The topological polar surface area (TPSA) is 50.2 Å². The molecule has 1 aromatic carbocycles. The van der Waals surface area contributed by atoms with Crippen LogP contribution in [0.25, 0.3) is 17.0 Å². The monoisotopic (exact) mass is 347 g/mol. The van der Waals surface area contributed by atoms with Gasteiger partial charge in [0.05, 0.1) is 11.6 Å². The molecular weight excluding hydrogens is 322 g/mol. The standard InChI is InChI=1S/C23H25NO2/c1-16-20(23(2,3)13-12-22(16)26)11-10-19(25)9-8-17-14-18-6-4-5-7-21(18)24-15-17/h4-11,14-15,22,26H,12-13H2,1-3H3/b9-8+,11-10+. The van der Waals surface area contributed by atoms with Gasteiger partial charge in [-0.25, -0.2) is 0 Å². The summed E-state index contributed by atoms with van der Waals surface area (Å²) >= 11 is 0. The van der Waals surface area contributed by atoms with Crippen LogP contribution in [0.2, 0.25) is 0 Å². The van der Waals surface area contributed by atoms with Gasteiger partial charge in [-0.2, -0.15) is 0 Å². The molecule has 1 aliphatic carbocycles. The smallest absolute Gasteiger partial charge is 0.178 e. The second kappa shape index (κ2) is 7.38. The maximum atomic E-state index is 12.2. The molecule has 0 amide bonds. The molecule has 1 atom stereocenters. The van der Waals surface area contributed by atoms with Crippen molar-refractivity contribution in [2.24, 2.45) is 5.41 Å². The van der Waals surface area contributed by atoms with Crippen LogP contribution in [0, 0.1) is 5.41 Å². The molecule has 3 heteroatoms. The zero-order valence-electron chi connectivity index (χ0n) is 15.6. The zero-order chi connectivity index (χ0) is 18.7. The van der Waals surface area contributed by atoms with Crippen LogP contribution in [-0.2, 0) is 4.79 Å². The number of hydrogen-bond acceptors (Lipinski definition) is 3. The molecule has 0 saturated carbocycles. The Labute approximate surface area is 154 Å². The van der Waals surface area contributed by atoms with E-state index in [2.05, 4.69) is 18.8 Å². The van der Waals surface area contributed by atoms with Gasteiger partial charge in [-0.3, -0.25) is 9.78 Å². The van der Waals surface area contributed by atoms with E-state index in [4.69, 9.17) is 0 Å². The van der Waals surface area contributed by atoms with Crippen LogP contribution < -0.4 is 0 Å². The fourth-order valence-corrected chi connectivity index (χ4v) is 3.50. The lowest BCUT2D eigenvalue weighted by molar-refractivity contribution is -0.110. The van der Waals surface area contributed by atoms with Crippen LogP contribution in [-0.4, -0.2) is 22.0 Å². The first-order valence-corrected chi connectivity index (χ1v) is 9.01. The molecule has 0 saturated heterocycles. The summed E-state index contributed by atoms with van der Waals surface area (Å²) in [6, 6.07) is 9.92. The van der Waals surface area contributed by atoms with E-state index in [-0.39, 0.29) is 11.2 Å². The van der Waals surface area contributed by atoms with Gasteiger partial charge in [-0.05, 0) is 72.3 Å². The number of ketones is 1. The van der Waals surface area contributed by atoms with E-state index in [0.29, 0.717) is 0 Å². The average molecular weight is 347 g/mol. The van der Waals surface area contributed by atoms with Gasteiger partial charge in [-0.15, -0.1) is 0 Å². The van der Waals surface area contributed by atoms with E-state index in [1.165, 1.54) is 0 Å². The number of nitrogens with zero attached hydrogens (tertiary/aromatic N) is 1. The highest BCUT2D eigenvalue weighted by molar-refractivity contribution is 6.02. The number of para-hydroxylation sites is 1. The summed E-state index contributed by atoms with van der Waals surface area (Å²) < 4.78 is 0. The Morgan fingerprint density at radius 3 is 2.77 bits per heavy atom. The van der Waals surface area contributed by atoms with E-state index in [1.807, 2.05) is 43.3 Å². The van der Waals surface area contributed by atoms with Gasteiger partial charge >= 0.3 is 0 Å². The number of aliphatic hydroxyl groups is 1. The summed E-state index contributed by atoms with van der Waals surface area (Å²) in [5.74, 6) is -0.0747. The SMILES string of the molecule is CC1=C(/C=C/C(=O)/C=C/c2cnc3ccccc3c2)C(C)(C)CCC1O. The summed E-state index contributed by atoms with van der Waals surface area (Å²) in [4.78, 5) is 16.6. The quantitative estimate of drug-likeness (QED) is 0.803. The third-order valence-electron chi connectivity index (χ3n) is 5.16. The highest BCUT2D eigenvalue weighted by atomic mass is 16.3. The minimum absolute atomic E-state index is 0.0218. The van der Waals surface area contributed by atoms with Crippen LogP contribution >= 0.6 is 0 Å². The average Bonchev–Trinajstić information content (AvgIpc) is 2.63. The molecule has 1 unspecified atom stereocenters. The second-order valence-corrected chi connectivity index (χ2v) is 7.57. The molecule has 26 heavy (non-hydrogen) atoms. The van der Waals surface area contributed by atoms with Crippen molar-refractivity contribution in [2.45, 2.75) is 39.7 Å². The molecule has 1 heterocycles. The molecule has 2 aromatic rings. The molecular formula is C23H25NO2. The maximum absolute atomic E-state index is 12.2. The Morgan fingerprint density at radius 2 is 1.96 bits per heavy atom. The third kappa shape index (κ3) is 4.00. The van der Waals surface area contributed by atoms with Crippen molar-refractivity contribution in [3.8, 4) is 0 Å². The van der Waals surface area contributed by atoms with Crippen molar-refractivity contribution >= 4 is 22.8 Å². The number of aromatic nitrogens is 1. The fraction of sp³-hybridized carbons (Fsp3) is 0.304. The Balaban J connectivity index is 1.76. The Bertz CT molecular complexity index is 919. The van der Waals surface area contributed by atoms with Gasteiger partial charge in [0.15, 0.2) is 5.78 Å². The van der Waals surface area contributed by atoms with E-state index in [9.17, 15) is 9.90 Å². The predicted octanol–water partition coefficient (Wildman–Crippen LogP) is 4.87. The molecule has 1 N–H and O–H groups in total. The summed E-state index contributed by atoms with van der Waals surface area (Å²) in [6.45, 7) is 6.26. The first-order valence-electron chi connectivity index (χ1n) is 9.01. The highest BCUT2D eigenvalue weighted by Crippen LogP contribution is 2.40. The van der Waals surface area contributed by atoms with Crippen molar-refractivity contribution in [3.63, 3.8) is 0 Å². The number of carbonyl (C=O) groups is 1. The number of allylic oxidation sites excluding steroid dienone is 4. The molecule has 0 bridgehead atoms. The van der Waals surface area contributed by atoms with Crippen molar-refractivity contribution in [2.75, 3.05) is 0 Å². The molecule has 1 aliphatic rings. The first-order chi connectivity index (χ1) is 12.4. The summed E-state index contributed by atoms with van der Waals surface area (Å²) in [6.07, 6.45) is 9.85. The summed E-state index contributed by atoms with van der Waals surface area (Å²) in [7, 11) is 0. The predicted molar refractivity (Wildman–Crippen MR) is 107 cm³/mol. The van der Waals surface area contributed by atoms with Gasteiger partial charge in [-0.1, -0.05) is 38.1 Å². The summed E-state index contributed by atoms with van der Waals surface area (Å²) in [5.41, 5.74) is 3.84. The van der Waals surface area contributed by atoms with E-state index in [1.54, 1.807) is 24.4 Å². The second-order valence-electron chi connectivity index (χ2n) is 7.57. The van der Waals surface area contributed by atoms with Crippen molar-refractivity contribution in [3.05, 3.63) is 71.5 Å². The zero-order valence-corrected chi connectivity index (χ0v) is 15.6. The first kappa shape index (κ1) is 18.3. The van der Waals surface area contributed by atoms with Gasteiger partial charge in [0.25, 0.3) is 0 Å². The number of benzene rings is 1. The summed E-state index contributed by atoms with van der Waals surface area (Å²) in [5, 5.41) is 11.1. The van der Waals surface area contributed by atoms with Gasteiger partial charge in [0, 0.05) is 11.6 Å². The van der Waals surface area contributed by atoms with Crippen LogP contribution in [0.1, 0.15) is 39.2 Å². The maximum Gasteiger partial charge on any atom is 0.178 e. The Kier molecular flexibility index (Phi) is 5.19. The molecule has 1 aromatic heterocycles. The van der Waals surface area contributed by atoms with Crippen molar-refractivity contribution < 1.29 is 9.90 Å². The number of aliphatic hydroxyl groups excluding tert-OH is 1. The molecule has 134 valence electrons. The lowest BCUT2D eigenvalue weighted by Gasteiger charge is -2.35. The molecule has 0 fully saturated rings. The largest absolute Gasteiger partial charge is 0.389 e. The number of hydrogen-bond donors (Lipinski definition) is 1. The number of rotatable bonds is 4. The van der Waals surface area contributed by atoms with Crippen LogP contribution in [0.3, 0.4) is 0 Å².